The van der Waals surface area contributed by atoms with Crippen LogP contribution in [0.4, 0.5) is 0 Å². The van der Waals surface area contributed by atoms with Gasteiger partial charge in [0.2, 0.25) is 11.8 Å². The molecule has 0 bridgehead atoms. The summed E-state index contributed by atoms with van der Waals surface area (Å²) in [6, 6.07) is 17.4. The Morgan fingerprint density at radius 1 is 0.967 bits per heavy atom. The van der Waals surface area contributed by atoms with Gasteiger partial charge in [0.15, 0.2) is 0 Å². The average molecular weight is 402 g/mol. The summed E-state index contributed by atoms with van der Waals surface area (Å²) >= 11 is 0. The van der Waals surface area contributed by atoms with Crippen molar-refractivity contribution in [1.29, 1.82) is 5.41 Å². The van der Waals surface area contributed by atoms with Gasteiger partial charge in [-0.1, -0.05) is 61.0 Å². The molecule has 0 spiro atoms. The van der Waals surface area contributed by atoms with Crippen molar-refractivity contribution in [2.45, 2.75) is 37.9 Å². The first-order valence-corrected chi connectivity index (χ1v) is 10.7. The highest BCUT2D eigenvalue weighted by atomic mass is 16.2. The minimum Gasteiger partial charge on any atom is -0.384 e. The molecule has 3 aliphatic heterocycles. The quantitative estimate of drug-likeness (QED) is 0.467. The van der Waals surface area contributed by atoms with E-state index in [1.165, 1.54) is 4.90 Å². The van der Waals surface area contributed by atoms with Gasteiger partial charge in [-0.3, -0.25) is 24.8 Å². The Morgan fingerprint density at radius 3 is 2.37 bits per heavy atom. The van der Waals surface area contributed by atoms with Crippen LogP contribution < -0.4 is 5.73 Å². The molecule has 3 aliphatic rings. The summed E-state index contributed by atoms with van der Waals surface area (Å²) in [6.45, 7) is 1.25. The number of nitrogens with two attached hydrogens (primary N) is 1. The Labute approximate surface area is 176 Å². The molecule has 4 atom stereocenters. The van der Waals surface area contributed by atoms with Crippen molar-refractivity contribution in [2.75, 3.05) is 6.54 Å². The lowest BCUT2D eigenvalue weighted by atomic mass is 9.85. The second kappa shape index (κ2) is 7.36. The lowest BCUT2D eigenvalue weighted by molar-refractivity contribution is -0.142. The second-order valence-electron chi connectivity index (χ2n) is 8.58. The van der Waals surface area contributed by atoms with Crippen LogP contribution in [0.1, 0.15) is 42.0 Å². The number of likely N-dealkylation sites (tertiary alicyclic amines) is 1. The minimum absolute atomic E-state index is 0.0198. The molecular formula is C24H26N4O2. The molecule has 3 fully saturated rings. The first kappa shape index (κ1) is 19.0. The van der Waals surface area contributed by atoms with E-state index in [2.05, 4.69) is 4.90 Å². The van der Waals surface area contributed by atoms with E-state index in [0.29, 0.717) is 12.1 Å². The van der Waals surface area contributed by atoms with E-state index in [0.717, 1.165) is 36.9 Å². The zero-order valence-electron chi connectivity index (χ0n) is 16.8. The number of nitrogens with one attached hydrogen (secondary N) is 1. The molecule has 3 heterocycles. The van der Waals surface area contributed by atoms with Crippen LogP contribution in [0.5, 0.6) is 0 Å². The van der Waals surface area contributed by atoms with Gasteiger partial charge in [0.25, 0.3) is 0 Å². The van der Waals surface area contributed by atoms with E-state index in [9.17, 15) is 9.59 Å². The summed E-state index contributed by atoms with van der Waals surface area (Å²) in [7, 11) is 0. The molecule has 0 unspecified atom stereocenters. The Balaban J connectivity index is 1.50. The molecular weight excluding hydrogens is 376 g/mol. The topological polar surface area (TPSA) is 90.5 Å². The number of piperidine rings is 1. The van der Waals surface area contributed by atoms with Gasteiger partial charge in [-0.25, -0.2) is 0 Å². The van der Waals surface area contributed by atoms with Crippen LogP contribution in [-0.4, -0.2) is 40.0 Å². The standard InChI is InChI=1S/C24H26N4O2/c25-22(26)17-11-9-16(10-12-17)21-20-19(18-8-4-5-13-27(18)21)23(29)28(24(20)30)14-15-6-2-1-3-7-15/h1-3,6-7,9-12,18-21H,4-5,8,13-14H2,(H3,25,26)/t18-,19-,20-,21-/m1/s1. The molecule has 2 amide bonds. The Morgan fingerprint density at radius 2 is 1.67 bits per heavy atom. The van der Waals surface area contributed by atoms with Crippen molar-refractivity contribution in [2.24, 2.45) is 17.6 Å². The van der Waals surface area contributed by atoms with Crippen LogP contribution >= 0.6 is 0 Å². The highest BCUT2D eigenvalue weighted by molar-refractivity contribution is 6.06. The van der Waals surface area contributed by atoms with Gasteiger partial charge < -0.3 is 5.73 Å². The summed E-state index contributed by atoms with van der Waals surface area (Å²) in [6.07, 6.45) is 3.15. The predicted octanol–water partition coefficient (Wildman–Crippen LogP) is 2.68. The van der Waals surface area contributed by atoms with Crippen molar-refractivity contribution >= 4 is 17.6 Å². The number of amidine groups is 1. The molecule has 30 heavy (non-hydrogen) atoms. The lowest BCUT2D eigenvalue weighted by Gasteiger charge is -2.36. The molecule has 6 heteroatoms. The SMILES string of the molecule is N=C(N)c1ccc([C@@H]2[C@@H]3C(=O)N(Cc4ccccc4)C(=O)[C@@H]3[C@H]3CCCCN32)cc1. The fraction of sp³-hybridized carbons (Fsp3) is 0.375. The number of amides is 2. The van der Waals surface area contributed by atoms with E-state index >= 15 is 0 Å². The third kappa shape index (κ3) is 2.94. The molecule has 0 radical (unpaired) electrons. The summed E-state index contributed by atoms with van der Waals surface area (Å²) in [5, 5.41) is 7.63. The Kier molecular flexibility index (Phi) is 4.66. The number of imide groups is 1. The maximum Gasteiger partial charge on any atom is 0.235 e. The minimum atomic E-state index is -0.340. The number of carbonyl (C=O) groups is 2. The van der Waals surface area contributed by atoms with Crippen LogP contribution in [-0.2, 0) is 16.1 Å². The summed E-state index contributed by atoms with van der Waals surface area (Å²) in [5.74, 6) is -0.646. The lowest BCUT2D eigenvalue weighted by Crippen LogP contribution is -2.43. The van der Waals surface area contributed by atoms with Gasteiger partial charge >= 0.3 is 0 Å². The van der Waals surface area contributed by atoms with Crippen LogP contribution in [0.2, 0.25) is 0 Å². The zero-order chi connectivity index (χ0) is 20.8. The van der Waals surface area contributed by atoms with Crippen LogP contribution in [0.15, 0.2) is 54.6 Å². The number of hydrogen-bond acceptors (Lipinski definition) is 4. The van der Waals surface area contributed by atoms with Gasteiger partial charge in [-0.2, -0.15) is 0 Å². The molecule has 0 aromatic heterocycles. The van der Waals surface area contributed by atoms with Crippen molar-refractivity contribution in [3.05, 3.63) is 71.3 Å². The van der Waals surface area contributed by atoms with E-state index in [1.807, 2.05) is 54.6 Å². The number of carbonyl (C=O) groups excluding carboxylic acids is 2. The van der Waals surface area contributed by atoms with Crippen LogP contribution in [0, 0.1) is 17.2 Å². The van der Waals surface area contributed by atoms with E-state index in [1.54, 1.807) is 0 Å². The van der Waals surface area contributed by atoms with Gasteiger partial charge in [0.1, 0.15) is 5.84 Å². The zero-order valence-corrected chi connectivity index (χ0v) is 16.8. The van der Waals surface area contributed by atoms with Gasteiger partial charge in [0.05, 0.1) is 18.4 Å². The monoisotopic (exact) mass is 402 g/mol. The highest BCUT2D eigenvalue weighted by Gasteiger charge is 2.62. The van der Waals surface area contributed by atoms with E-state index in [-0.39, 0.29) is 41.6 Å². The number of fused-ring (bicyclic) bond motifs is 3. The molecule has 154 valence electrons. The van der Waals surface area contributed by atoms with Crippen molar-refractivity contribution in [3.8, 4) is 0 Å². The summed E-state index contributed by atoms with van der Waals surface area (Å²) < 4.78 is 0. The third-order valence-corrected chi connectivity index (χ3v) is 6.94. The average Bonchev–Trinajstić information content (AvgIpc) is 3.23. The third-order valence-electron chi connectivity index (χ3n) is 6.94. The normalized spacial score (nSPS) is 28.5. The van der Waals surface area contributed by atoms with Crippen LogP contribution in [0.25, 0.3) is 0 Å². The van der Waals surface area contributed by atoms with Crippen LogP contribution in [0.3, 0.4) is 0 Å². The second-order valence-corrected chi connectivity index (χ2v) is 8.58. The van der Waals surface area contributed by atoms with Crippen molar-refractivity contribution in [1.82, 2.24) is 9.80 Å². The maximum atomic E-state index is 13.5. The highest BCUT2D eigenvalue weighted by Crippen LogP contribution is 2.52. The van der Waals surface area contributed by atoms with E-state index in [4.69, 9.17) is 11.1 Å². The largest absolute Gasteiger partial charge is 0.384 e. The molecule has 3 N–H and O–H groups in total. The predicted molar refractivity (Wildman–Crippen MR) is 114 cm³/mol. The molecule has 5 rings (SSSR count). The van der Waals surface area contributed by atoms with Gasteiger partial charge in [-0.05, 0) is 30.5 Å². The van der Waals surface area contributed by atoms with E-state index < -0.39 is 0 Å². The van der Waals surface area contributed by atoms with Gasteiger partial charge in [-0.15, -0.1) is 0 Å². The maximum absolute atomic E-state index is 13.5. The number of hydrogen-bond donors (Lipinski definition) is 2. The van der Waals surface area contributed by atoms with Crippen molar-refractivity contribution in [3.63, 3.8) is 0 Å². The first-order chi connectivity index (χ1) is 14.6. The van der Waals surface area contributed by atoms with Crippen molar-refractivity contribution < 1.29 is 9.59 Å². The molecule has 0 aliphatic carbocycles. The number of nitrogens with zero attached hydrogens (tertiary/aromatic N) is 2. The Hall–Kier alpha value is -2.99. The number of rotatable bonds is 4. The Bertz CT molecular complexity index is 988. The number of benzene rings is 2. The summed E-state index contributed by atoms with van der Waals surface area (Å²) in [5.41, 5.74) is 8.28. The molecule has 0 saturated carbocycles. The fourth-order valence-electron chi connectivity index (χ4n) is 5.61. The summed E-state index contributed by atoms with van der Waals surface area (Å²) in [4.78, 5) is 30.8. The first-order valence-electron chi connectivity index (χ1n) is 10.7. The smallest absolute Gasteiger partial charge is 0.235 e. The number of nitrogen functional groups attached to an aromatic ring is 1. The fourth-order valence-corrected chi connectivity index (χ4v) is 5.61. The molecule has 2 aromatic rings. The molecule has 3 saturated heterocycles. The van der Waals surface area contributed by atoms with Gasteiger partial charge in [0, 0.05) is 17.6 Å². The molecule has 6 nitrogen and oxygen atoms in total. The molecule has 2 aromatic carbocycles.